The minimum atomic E-state index is -1.35. The molecule has 4 aliphatic rings. The number of unbranched alkanes of at least 4 members (excludes halogenated alkanes) is 2. The lowest BCUT2D eigenvalue weighted by Gasteiger charge is -2.64. The quantitative estimate of drug-likeness (QED) is 0.0290. The van der Waals surface area contributed by atoms with E-state index in [1.165, 1.54) is 12.5 Å². The smallest absolute Gasteiger partial charge is 0.405 e. The molecule has 6 rings (SSSR count). The van der Waals surface area contributed by atoms with Crippen LogP contribution in [0.1, 0.15) is 161 Å². The van der Waals surface area contributed by atoms with Gasteiger partial charge in [0, 0.05) is 61.9 Å². The van der Waals surface area contributed by atoms with Gasteiger partial charge in [-0.1, -0.05) is 103 Å². The summed E-state index contributed by atoms with van der Waals surface area (Å²) < 4.78 is 12.9. The summed E-state index contributed by atoms with van der Waals surface area (Å²) in [7, 11) is -0.753. The third-order valence-electron chi connectivity index (χ3n) is 15.6. The highest BCUT2D eigenvalue weighted by Crippen LogP contribution is 2.66. The van der Waals surface area contributed by atoms with Crippen LogP contribution >= 0.6 is 0 Å². The van der Waals surface area contributed by atoms with Gasteiger partial charge in [-0.05, 0) is 112 Å². The number of aliphatic hydroxyl groups excluding tert-OH is 2. The van der Waals surface area contributed by atoms with Crippen molar-refractivity contribution in [2.75, 3.05) is 13.2 Å². The minimum absolute atomic E-state index is 0.0353. The molecule has 0 radical (unpaired) electrons. The zero-order chi connectivity index (χ0) is 50.6. The highest BCUT2D eigenvalue weighted by atomic mass is 16.7. The van der Waals surface area contributed by atoms with Crippen LogP contribution < -0.4 is 16.4 Å². The molecule has 1 saturated heterocycles. The lowest BCUT2D eigenvalue weighted by molar-refractivity contribution is -0.199. The number of nitrogens with one attached hydrogen (secondary N) is 2. The third-order valence-corrected chi connectivity index (χ3v) is 15.6. The maximum absolute atomic E-state index is 13.9. The van der Waals surface area contributed by atoms with Crippen molar-refractivity contribution in [2.24, 2.45) is 40.7 Å². The molecule has 69 heavy (non-hydrogen) atoms. The molecule has 0 spiro atoms. The van der Waals surface area contributed by atoms with E-state index >= 15 is 0 Å². The van der Waals surface area contributed by atoms with Crippen molar-refractivity contribution in [2.45, 2.75) is 187 Å². The number of carbonyl (C=O) groups excluding carboxylic acids is 6. The number of rotatable bonds is 30. The lowest BCUT2D eigenvalue weighted by Crippen LogP contribution is -2.65. The molecule has 4 fully saturated rings. The summed E-state index contributed by atoms with van der Waals surface area (Å²) in [4.78, 5) is 81.4. The summed E-state index contributed by atoms with van der Waals surface area (Å²) >= 11 is 0. The highest BCUT2D eigenvalue weighted by Gasteiger charge is 2.68. The Bertz CT molecular complexity index is 2060. The van der Waals surface area contributed by atoms with Gasteiger partial charge in [0.05, 0.1) is 23.9 Å². The Morgan fingerprint density at radius 2 is 1.48 bits per heavy atom. The van der Waals surface area contributed by atoms with Crippen molar-refractivity contribution in [1.82, 2.24) is 10.6 Å². The van der Waals surface area contributed by atoms with Crippen LogP contribution in [0.5, 0.6) is 0 Å². The van der Waals surface area contributed by atoms with E-state index in [0.29, 0.717) is 56.0 Å². The Kier molecular flexibility index (Phi) is 20.5. The monoisotopic (exact) mass is 956 g/mol. The van der Waals surface area contributed by atoms with E-state index in [0.717, 1.165) is 43.2 Å². The van der Waals surface area contributed by atoms with Crippen LogP contribution in [0, 0.1) is 35.0 Å². The van der Waals surface area contributed by atoms with Crippen LogP contribution in [-0.2, 0) is 39.7 Å². The van der Waals surface area contributed by atoms with E-state index in [1.54, 1.807) is 6.92 Å². The van der Waals surface area contributed by atoms with Gasteiger partial charge in [0.1, 0.15) is 11.8 Å². The number of ketones is 4. The van der Waals surface area contributed by atoms with Crippen molar-refractivity contribution in [3.63, 3.8) is 0 Å². The van der Waals surface area contributed by atoms with Crippen LogP contribution in [0.15, 0.2) is 48.5 Å². The van der Waals surface area contributed by atoms with Gasteiger partial charge in [0.2, 0.25) is 11.8 Å². The third kappa shape index (κ3) is 14.5. The summed E-state index contributed by atoms with van der Waals surface area (Å²) in [6, 6.07) is 13.7. The molecule has 2 amide bonds. The molecular formula is C55H82BN3O10. The van der Waals surface area contributed by atoms with E-state index in [2.05, 4.69) is 62.6 Å². The van der Waals surface area contributed by atoms with E-state index in [9.17, 15) is 39.0 Å². The molecule has 1 unspecified atom stereocenters. The lowest BCUT2D eigenvalue weighted by atomic mass is 9.43. The summed E-state index contributed by atoms with van der Waals surface area (Å²) in [5.41, 5.74) is 9.33. The second kappa shape index (κ2) is 25.3. The molecule has 0 aromatic heterocycles. The molecule has 3 aliphatic carbocycles. The van der Waals surface area contributed by atoms with Crippen molar-refractivity contribution in [3.8, 4) is 11.1 Å². The molecule has 2 aromatic rings. The number of Topliss-reactive ketones (excluding diaryl/α,β-unsaturated/α-hetero) is 4. The van der Waals surface area contributed by atoms with Gasteiger partial charge >= 0.3 is 7.12 Å². The molecule has 13 nitrogen and oxygen atoms in total. The minimum Gasteiger partial charge on any atom is -0.405 e. The van der Waals surface area contributed by atoms with Gasteiger partial charge in [-0.3, -0.25) is 28.8 Å². The van der Waals surface area contributed by atoms with Crippen molar-refractivity contribution >= 4 is 42.1 Å². The second-order valence-electron chi connectivity index (χ2n) is 21.8. The fourth-order valence-electron chi connectivity index (χ4n) is 11.0. The molecule has 1 heterocycles. The Balaban J connectivity index is 1.11. The number of aliphatic hydroxyl groups is 2. The van der Waals surface area contributed by atoms with Crippen LogP contribution in [0.4, 0.5) is 0 Å². The summed E-state index contributed by atoms with van der Waals surface area (Å²) in [5, 5.41) is 26.7. The number of amides is 2. The zero-order valence-electron chi connectivity index (χ0n) is 42.7. The maximum Gasteiger partial charge on any atom is 0.463 e. The Morgan fingerprint density at radius 1 is 0.812 bits per heavy atom. The topological polar surface area (TPSA) is 211 Å². The van der Waals surface area contributed by atoms with Crippen LogP contribution in [0.3, 0.4) is 0 Å². The van der Waals surface area contributed by atoms with E-state index in [4.69, 9.17) is 15.0 Å². The van der Waals surface area contributed by atoms with E-state index < -0.39 is 66.2 Å². The first-order chi connectivity index (χ1) is 32.7. The standard InChI is InChI=1S/C55H82BN3O10/c1-9-10-14-37-18-20-38(21-19-37)39-22-24-40(25-23-39)46(63)17-13-16-44(62)29-41(15-11-12-26-57)53(67)59-51(36(5)61)48(65)28-35(4)52(66)58-45(27-34(2)3)47(64)32-43(33-60)56-68-50-31-42-30-49(54(42,6)7)55(50,8)69-56/h18-25,34-36,41-43,45,49-51,60-61H,9-17,26-33,57H2,1-8H3,(H,58,66)(H,59,67)/t35-,36-,41-,42+,43+,45+,49+,50?,51+,55+/m1/s1. The van der Waals surface area contributed by atoms with Crippen LogP contribution in [0.25, 0.3) is 11.1 Å². The van der Waals surface area contributed by atoms with Crippen molar-refractivity contribution in [3.05, 3.63) is 59.7 Å². The molecular weight excluding hydrogens is 873 g/mol. The number of benzene rings is 2. The molecule has 14 heteroatoms. The SMILES string of the molecule is CCCCc1ccc(-c2ccc(C(=O)CCCC(=O)C[C@@H](CCCCN)C(=O)N[C@H](C(=O)C[C@@H](C)C(=O)N[C@@H](CC(C)C)C(=O)C[C@@H](CO)B3OC4C[C@@H]5C[C@@H](C5(C)C)[C@]4(C)O3)[C@@H](C)O)cc2)cc1. The molecule has 6 N–H and O–H groups in total. The van der Waals surface area contributed by atoms with E-state index in [-0.39, 0.29) is 73.5 Å². The Labute approximate surface area is 411 Å². The average Bonchev–Trinajstić information content (AvgIpc) is 3.68. The Morgan fingerprint density at radius 3 is 2.07 bits per heavy atom. The van der Waals surface area contributed by atoms with Crippen LogP contribution in [-0.4, -0.2) is 95.3 Å². The first kappa shape index (κ1) is 55.8. The van der Waals surface area contributed by atoms with Gasteiger partial charge in [0.25, 0.3) is 0 Å². The van der Waals surface area contributed by atoms with Gasteiger partial charge in [0.15, 0.2) is 17.3 Å². The predicted molar refractivity (Wildman–Crippen MR) is 269 cm³/mol. The van der Waals surface area contributed by atoms with Crippen molar-refractivity contribution < 1.29 is 48.3 Å². The fraction of sp³-hybridized carbons (Fsp3) is 0.673. The second-order valence-corrected chi connectivity index (χ2v) is 21.8. The van der Waals surface area contributed by atoms with Crippen molar-refractivity contribution in [1.29, 1.82) is 0 Å². The summed E-state index contributed by atoms with van der Waals surface area (Å²) in [6.45, 7) is 15.7. The predicted octanol–water partition coefficient (Wildman–Crippen LogP) is 7.80. The fourth-order valence-corrected chi connectivity index (χ4v) is 11.0. The zero-order valence-corrected chi connectivity index (χ0v) is 42.7. The summed E-state index contributed by atoms with van der Waals surface area (Å²) in [6.07, 6.45) is 5.84. The Hall–Kier alpha value is -4.08. The number of carbonyl (C=O) groups is 6. The molecule has 2 bridgehead atoms. The number of aryl methyl sites for hydroxylation is 1. The van der Waals surface area contributed by atoms with Crippen LogP contribution in [0.2, 0.25) is 5.82 Å². The molecule has 1 aliphatic heterocycles. The molecule has 380 valence electrons. The van der Waals surface area contributed by atoms with Gasteiger partial charge in [-0.2, -0.15) is 0 Å². The first-order valence-electron chi connectivity index (χ1n) is 25.9. The van der Waals surface area contributed by atoms with Gasteiger partial charge in [-0.25, -0.2) is 0 Å². The maximum atomic E-state index is 13.9. The molecule has 10 atom stereocenters. The number of hydrogen-bond acceptors (Lipinski definition) is 11. The normalized spacial score (nSPS) is 22.9. The molecule has 3 saturated carbocycles. The first-order valence-corrected chi connectivity index (χ1v) is 25.9. The molecule has 2 aromatic carbocycles. The van der Waals surface area contributed by atoms with Gasteiger partial charge in [-0.15, -0.1) is 0 Å². The summed E-state index contributed by atoms with van der Waals surface area (Å²) in [5.74, 6) is -3.63. The number of nitrogens with two attached hydrogens (primary N) is 1. The highest BCUT2D eigenvalue weighted by molar-refractivity contribution is 6.48. The largest absolute Gasteiger partial charge is 0.463 e. The average molecular weight is 956 g/mol. The van der Waals surface area contributed by atoms with E-state index in [1.807, 2.05) is 38.1 Å². The van der Waals surface area contributed by atoms with Gasteiger partial charge < -0.3 is 35.9 Å². The number of hydrogen-bond donors (Lipinski definition) is 5.